The van der Waals surface area contributed by atoms with Crippen LogP contribution in [0.3, 0.4) is 0 Å². The van der Waals surface area contributed by atoms with Crippen LogP contribution in [-0.4, -0.2) is 9.13 Å². The Morgan fingerprint density at radius 1 is 0.423 bits per heavy atom. The molecule has 11 rings (SSSR count). The molecular weight excluding hydrogens is 675 g/mol. The fourth-order valence-electron chi connectivity index (χ4n) is 8.20. The summed E-state index contributed by atoms with van der Waals surface area (Å²) < 4.78 is 8.85. The monoisotopic (exact) mass is 695 g/mol. The molecule has 0 aliphatic carbocycles. The lowest BCUT2D eigenvalue weighted by Gasteiger charge is -2.11. The number of para-hydroxylation sites is 2. The van der Waals surface area contributed by atoms with Gasteiger partial charge in [-0.2, -0.15) is 15.8 Å². The maximum absolute atomic E-state index is 10.3. The third-order valence-electron chi connectivity index (χ3n) is 10.4. The first-order chi connectivity index (χ1) is 25.6. The Hall–Kier alpha value is -6.95. The average molecular weight is 696 g/mol. The molecule has 7 aromatic carbocycles. The van der Waals surface area contributed by atoms with Crippen LogP contribution in [0.1, 0.15) is 16.7 Å². The maximum atomic E-state index is 10.3. The van der Waals surface area contributed by atoms with Crippen LogP contribution in [0.15, 0.2) is 127 Å². The number of nitrogens with zero attached hydrogens (tertiary/aromatic N) is 5. The number of aromatic nitrogens is 2. The quantitative estimate of drug-likeness (QED) is 0.180. The minimum atomic E-state index is 0.620. The summed E-state index contributed by atoms with van der Waals surface area (Å²) in [6.45, 7) is 0. The van der Waals surface area contributed by atoms with Gasteiger partial charge in [0.05, 0.1) is 54.2 Å². The van der Waals surface area contributed by atoms with Crippen LogP contribution in [0.25, 0.3) is 95.3 Å². The molecule has 5 nitrogen and oxygen atoms in total. The predicted molar refractivity (Wildman–Crippen MR) is 215 cm³/mol. The molecule has 0 unspecified atom stereocenters. The van der Waals surface area contributed by atoms with Gasteiger partial charge in [-0.1, -0.05) is 48.5 Å². The smallest absolute Gasteiger partial charge is 0.101 e. The summed E-state index contributed by atoms with van der Waals surface area (Å²) in [5.74, 6) is 0. The van der Waals surface area contributed by atoms with Gasteiger partial charge in [0.1, 0.15) is 12.1 Å². The van der Waals surface area contributed by atoms with E-state index in [0.717, 1.165) is 75.2 Å². The first kappa shape index (κ1) is 28.8. The zero-order chi connectivity index (χ0) is 34.7. The van der Waals surface area contributed by atoms with Crippen LogP contribution in [-0.2, 0) is 0 Å². The molecule has 52 heavy (non-hydrogen) atoms. The van der Waals surface area contributed by atoms with Crippen molar-refractivity contribution in [1.82, 2.24) is 9.13 Å². The van der Waals surface area contributed by atoms with E-state index in [1.165, 1.54) is 31.5 Å². The third-order valence-corrected chi connectivity index (χ3v) is 12.8. The molecule has 0 saturated carbocycles. The van der Waals surface area contributed by atoms with Gasteiger partial charge in [0.2, 0.25) is 0 Å². The molecule has 0 atom stereocenters. The molecule has 0 aliphatic rings. The lowest BCUT2D eigenvalue weighted by atomic mass is 10.0. The molecule has 0 amide bonds. The standard InChI is InChI=1S/C45H21N5S2/c46-22-25-12-15-39-33(18-25)30-7-1-3-10-37(30)49(39)28-13-16-40-34(20-28)35-21-29(14-17-41(35)51-40)50-38-11-4-2-8-31(38)36-19-27(24-48)45-42(43(36)50)32-9-5-6-26(23-47)44(32)52-45/h1-21H. The molecule has 11 aromatic rings. The predicted octanol–water partition coefficient (Wildman–Crippen LogP) is 12.2. The summed E-state index contributed by atoms with van der Waals surface area (Å²) in [4.78, 5) is 0. The van der Waals surface area contributed by atoms with Gasteiger partial charge in [0.25, 0.3) is 0 Å². The highest BCUT2D eigenvalue weighted by atomic mass is 32.1. The molecule has 238 valence electrons. The number of fused-ring (bicyclic) bond motifs is 13. The Kier molecular flexibility index (Phi) is 5.84. The Morgan fingerprint density at radius 3 is 1.77 bits per heavy atom. The van der Waals surface area contributed by atoms with Gasteiger partial charge in [0, 0.05) is 63.9 Å². The highest BCUT2D eigenvalue weighted by Crippen LogP contribution is 2.46. The zero-order valence-electron chi connectivity index (χ0n) is 27.2. The molecular formula is C45H21N5S2. The van der Waals surface area contributed by atoms with Gasteiger partial charge in [-0.15, -0.1) is 22.7 Å². The van der Waals surface area contributed by atoms with E-state index in [9.17, 15) is 15.8 Å². The lowest BCUT2D eigenvalue weighted by Crippen LogP contribution is -1.95. The fourth-order valence-corrected chi connectivity index (χ4v) is 10.5. The fraction of sp³-hybridized carbons (Fsp3) is 0. The van der Waals surface area contributed by atoms with Crippen molar-refractivity contribution < 1.29 is 0 Å². The Labute approximate surface area is 303 Å². The van der Waals surface area contributed by atoms with Gasteiger partial charge >= 0.3 is 0 Å². The van der Waals surface area contributed by atoms with E-state index in [4.69, 9.17) is 0 Å². The SMILES string of the molecule is N#Cc1ccc2c(c1)c1ccccc1n2-c1ccc2sc3ccc(-n4c5ccccc5c5cc(C#N)c6sc7c(C#N)cccc7c6c54)cc3c2c1. The van der Waals surface area contributed by atoms with E-state index >= 15 is 0 Å². The molecule has 0 bridgehead atoms. The van der Waals surface area contributed by atoms with Crippen LogP contribution in [0.5, 0.6) is 0 Å². The minimum Gasteiger partial charge on any atom is -0.309 e. The first-order valence-corrected chi connectivity index (χ1v) is 18.4. The Morgan fingerprint density at radius 2 is 1.06 bits per heavy atom. The molecule has 0 aliphatic heterocycles. The van der Waals surface area contributed by atoms with Crippen LogP contribution < -0.4 is 0 Å². The van der Waals surface area contributed by atoms with Gasteiger partial charge < -0.3 is 9.13 Å². The van der Waals surface area contributed by atoms with E-state index in [1.54, 1.807) is 11.3 Å². The Bertz CT molecular complexity index is 3520. The zero-order valence-corrected chi connectivity index (χ0v) is 28.8. The summed E-state index contributed by atoms with van der Waals surface area (Å²) >= 11 is 3.32. The van der Waals surface area contributed by atoms with Crippen molar-refractivity contribution >= 4 is 107 Å². The number of hydrogen-bond acceptors (Lipinski definition) is 5. The summed E-state index contributed by atoms with van der Waals surface area (Å²) in [5.41, 5.74) is 8.25. The molecule has 0 saturated heterocycles. The molecule has 0 fully saturated rings. The summed E-state index contributed by atoms with van der Waals surface area (Å²) in [5, 5.41) is 38.6. The van der Waals surface area contributed by atoms with Crippen LogP contribution >= 0.6 is 22.7 Å². The molecule has 0 spiro atoms. The highest BCUT2D eigenvalue weighted by molar-refractivity contribution is 7.26. The number of hydrogen-bond donors (Lipinski definition) is 0. The minimum absolute atomic E-state index is 0.620. The number of rotatable bonds is 2. The van der Waals surface area contributed by atoms with Crippen molar-refractivity contribution in [2.24, 2.45) is 0 Å². The third kappa shape index (κ3) is 3.77. The van der Waals surface area contributed by atoms with Crippen molar-refractivity contribution in [3.05, 3.63) is 144 Å². The average Bonchev–Trinajstić information content (AvgIpc) is 3.94. The molecule has 4 heterocycles. The van der Waals surface area contributed by atoms with Crippen LogP contribution in [0.4, 0.5) is 0 Å². The normalized spacial score (nSPS) is 11.8. The topological polar surface area (TPSA) is 81.2 Å². The van der Waals surface area contributed by atoms with E-state index in [1.807, 2.05) is 36.4 Å². The number of nitriles is 3. The largest absolute Gasteiger partial charge is 0.309 e. The van der Waals surface area contributed by atoms with Crippen molar-refractivity contribution in [3.8, 4) is 29.6 Å². The van der Waals surface area contributed by atoms with Crippen molar-refractivity contribution in [2.75, 3.05) is 0 Å². The van der Waals surface area contributed by atoms with Crippen molar-refractivity contribution in [2.45, 2.75) is 0 Å². The van der Waals surface area contributed by atoms with E-state index < -0.39 is 0 Å². The second-order valence-electron chi connectivity index (χ2n) is 13.0. The molecule has 4 aromatic heterocycles. The van der Waals surface area contributed by atoms with Crippen LogP contribution in [0, 0.1) is 34.0 Å². The molecule has 7 heteroatoms. The van der Waals surface area contributed by atoms with Gasteiger partial charge in [-0.05, 0) is 78.9 Å². The number of benzene rings is 7. The van der Waals surface area contributed by atoms with E-state index in [-0.39, 0.29) is 0 Å². The summed E-state index contributed by atoms with van der Waals surface area (Å²) in [6, 6.07) is 51.1. The van der Waals surface area contributed by atoms with Gasteiger partial charge in [-0.25, -0.2) is 0 Å². The second-order valence-corrected chi connectivity index (χ2v) is 15.1. The Balaban J connectivity index is 1.22. The first-order valence-electron chi connectivity index (χ1n) is 16.8. The molecule has 0 N–H and O–H groups in total. The maximum Gasteiger partial charge on any atom is 0.101 e. The van der Waals surface area contributed by atoms with Crippen molar-refractivity contribution in [3.63, 3.8) is 0 Å². The van der Waals surface area contributed by atoms with Crippen molar-refractivity contribution in [1.29, 1.82) is 15.8 Å². The highest BCUT2D eigenvalue weighted by Gasteiger charge is 2.22. The van der Waals surface area contributed by atoms with Gasteiger partial charge in [0.15, 0.2) is 0 Å². The van der Waals surface area contributed by atoms with E-state index in [2.05, 4.69) is 118 Å². The van der Waals surface area contributed by atoms with E-state index in [0.29, 0.717) is 16.7 Å². The van der Waals surface area contributed by atoms with Crippen LogP contribution in [0.2, 0.25) is 0 Å². The lowest BCUT2D eigenvalue weighted by molar-refractivity contribution is 1.19. The number of thiophene rings is 2. The molecule has 0 radical (unpaired) electrons. The summed E-state index contributed by atoms with van der Waals surface area (Å²) in [6.07, 6.45) is 0. The second kappa shape index (κ2) is 10.5. The van der Waals surface area contributed by atoms with Gasteiger partial charge in [-0.3, -0.25) is 0 Å². The summed E-state index contributed by atoms with van der Waals surface area (Å²) in [7, 11) is 0.